The van der Waals surface area contributed by atoms with Gasteiger partial charge in [-0.05, 0) is 18.2 Å². The van der Waals surface area contributed by atoms with Crippen LogP contribution in [0.15, 0.2) is 18.2 Å². The molecule has 0 aliphatic rings. The molecule has 2 aromatic rings. The summed E-state index contributed by atoms with van der Waals surface area (Å²) in [6.45, 7) is 0.00999. The fraction of sp³-hybridized carbons (Fsp3) is 0.231. The second-order valence-electron chi connectivity index (χ2n) is 4.34. The largest absolute Gasteiger partial charge is 0.489 e. The summed E-state index contributed by atoms with van der Waals surface area (Å²) >= 11 is 6.11. The molecule has 0 aliphatic carbocycles. The van der Waals surface area contributed by atoms with Gasteiger partial charge in [-0.25, -0.2) is 0 Å². The Kier molecular flexibility index (Phi) is 6.04. The van der Waals surface area contributed by atoms with Crippen LogP contribution in [0.4, 0.5) is 0 Å². The summed E-state index contributed by atoms with van der Waals surface area (Å²) in [6, 6.07) is 4.87. The zero-order valence-electron chi connectivity index (χ0n) is 11.7. The van der Waals surface area contributed by atoms with Crippen molar-refractivity contribution in [2.75, 3.05) is 20.3 Å². The Balaban J connectivity index is 0.00000242. The van der Waals surface area contributed by atoms with Gasteiger partial charge < -0.3 is 20.6 Å². The number of carbonyl (C=O) groups excluding carboxylic acids is 1. The molecule has 0 unspecified atom stereocenters. The molecule has 0 spiro atoms. The molecule has 0 radical (unpaired) electrons. The Bertz CT molecular complexity index is 702. The quantitative estimate of drug-likeness (QED) is 0.496. The van der Waals surface area contributed by atoms with Crippen LogP contribution in [0.2, 0.25) is 5.02 Å². The molecule has 1 aromatic heterocycles. The van der Waals surface area contributed by atoms with Crippen LogP contribution >= 0.6 is 24.0 Å². The molecule has 0 fully saturated rings. The van der Waals surface area contributed by atoms with E-state index < -0.39 is 5.91 Å². The van der Waals surface area contributed by atoms with Gasteiger partial charge in [0, 0.05) is 12.4 Å². The lowest BCUT2D eigenvalue weighted by Crippen LogP contribution is -2.38. The summed E-state index contributed by atoms with van der Waals surface area (Å²) in [7, 11) is 1.40. The number of fused-ring (bicyclic) bond motifs is 1. The number of carbonyl (C=O) groups is 1. The first-order valence-electron chi connectivity index (χ1n) is 6.12. The van der Waals surface area contributed by atoms with Crippen LogP contribution in [0, 0.1) is 5.41 Å². The maximum absolute atomic E-state index is 12.1. The van der Waals surface area contributed by atoms with Crippen molar-refractivity contribution in [3.05, 3.63) is 28.9 Å². The van der Waals surface area contributed by atoms with Crippen LogP contribution in [0.5, 0.6) is 5.75 Å². The van der Waals surface area contributed by atoms with E-state index in [2.05, 4.69) is 4.98 Å². The zero-order valence-corrected chi connectivity index (χ0v) is 13.3. The normalized spacial score (nSPS) is 10.1. The van der Waals surface area contributed by atoms with E-state index >= 15 is 0 Å². The predicted molar refractivity (Wildman–Crippen MR) is 87.1 cm³/mol. The molecule has 5 N–H and O–H groups in total. The average Bonchev–Trinajstić information content (AvgIpc) is 2.91. The Labute approximate surface area is 137 Å². The lowest BCUT2D eigenvalue weighted by molar-refractivity contribution is 0.0864. The minimum atomic E-state index is -0.456. The molecule has 22 heavy (non-hydrogen) atoms. The van der Waals surface area contributed by atoms with Crippen molar-refractivity contribution in [2.24, 2.45) is 5.73 Å². The SMILES string of the molecule is CN(C(=N)N)C(=O)c1cc2c(Cl)ccc(OCCO)c2[nH]1.Cl. The Morgan fingerprint density at radius 2 is 2.23 bits per heavy atom. The molecule has 7 nitrogen and oxygen atoms in total. The fourth-order valence-electron chi connectivity index (χ4n) is 1.84. The molecule has 0 bridgehead atoms. The number of benzene rings is 1. The number of nitrogens with one attached hydrogen (secondary N) is 2. The molecule has 0 saturated heterocycles. The van der Waals surface area contributed by atoms with E-state index in [-0.39, 0.29) is 37.3 Å². The van der Waals surface area contributed by atoms with Gasteiger partial charge in [-0.1, -0.05) is 11.6 Å². The van der Waals surface area contributed by atoms with Crippen LogP contribution in [0.3, 0.4) is 0 Å². The third-order valence-corrected chi connectivity index (χ3v) is 3.28. The molecular formula is C13H16Cl2N4O3. The van der Waals surface area contributed by atoms with Gasteiger partial charge in [-0.3, -0.25) is 15.1 Å². The number of rotatable bonds is 4. The van der Waals surface area contributed by atoms with E-state index in [1.165, 1.54) is 7.05 Å². The number of H-pyrrole nitrogens is 1. The molecule has 1 aromatic carbocycles. The maximum atomic E-state index is 12.1. The molecule has 9 heteroatoms. The zero-order chi connectivity index (χ0) is 15.6. The molecule has 0 atom stereocenters. The number of aromatic nitrogens is 1. The highest BCUT2D eigenvalue weighted by Gasteiger charge is 2.18. The van der Waals surface area contributed by atoms with Gasteiger partial charge in [0.25, 0.3) is 5.91 Å². The van der Waals surface area contributed by atoms with Crippen molar-refractivity contribution in [1.29, 1.82) is 5.41 Å². The van der Waals surface area contributed by atoms with E-state index in [1.54, 1.807) is 18.2 Å². The number of hydrogen-bond acceptors (Lipinski definition) is 4. The van der Waals surface area contributed by atoms with E-state index in [1.807, 2.05) is 0 Å². The number of aliphatic hydroxyl groups excluding tert-OH is 1. The molecule has 120 valence electrons. The first-order valence-corrected chi connectivity index (χ1v) is 6.50. The molecule has 0 aliphatic heterocycles. The fourth-order valence-corrected chi connectivity index (χ4v) is 2.05. The standard InChI is InChI=1S/C13H15ClN4O3.ClH/c1-18(13(15)16)12(20)9-6-7-8(14)2-3-10(11(7)17-9)21-5-4-19;/h2-3,6,17,19H,4-5H2,1H3,(H3,15,16);1H. The lowest BCUT2D eigenvalue weighted by atomic mass is 10.2. The number of hydrogen-bond donors (Lipinski definition) is 4. The van der Waals surface area contributed by atoms with Crippen molar-refractivity contribution in [1.82, 2.24) is 9.88 Å². The highest BCUT2D eigenvalue weighted by atomic mass is 35.5. The summed E-state index contributed by atoms with van der Waals surface area (Å²) in [4.78, 5) is 16.1. The minimum Gasteiger partial charge on any atom is -0.489 e. The highest BCUT2D eigenvalue weighted by molar-refractivity contribution is 6.35. The van der Waals surface area contributed by atoms with Crippen molar-refractivity contribution in [2.45, 2.75) is 0 Å². The topological polar surface area (TPSA) is 115 Å². The maximum Gasteiger partial charge on any atom is 0.276 e. The van der Waals surface area contributed by atoms with Gasteiger partial charge in [0.1, 0.15) is 18.1 Å². The lowest BCUT2D eigenvalue weighted by Gasteiger charge is -2.12. The first-order chi connectivity index (χ1) is 9.95. The molecule has 0 saturated carbocycles. The Morgan fingerprint density at radius 3 is 2.82 bits per heavy atom. The van der Waals surface area contributed by atoms with Crippen molar-refractivity contribution in [3.63, 3.8) is 0 Å². The molecule has 1 amide bonds. The number of nitrogens with zero attached hydrogens (tertiary/aromatic N) is 1. The van der Waals surface area contributed by atoms with Gasteiger partial charge in [0.15, 0.2) is 5.96 Å². The van der Waals surface area contributed by atoms with Crippen LogP contribution < -0.4 is 10.5 Å². The monoisotopic (exact) mass is 346 g/mol. The van der Waals surface area contributed by atoms with Crippen molar-refractivity contribution in [3.8, 4) is 5.75 Å². The summed E-state index contributed by atoms with van der Waals surface area (Å²) in [5, 5.41) is 17.2. The van der Waals surface area contributed by atoms with E-state index in [4.69, 9.17) is 32.6 Å². The Morgan fingerprint density at radius 1 is 1.55 bits per heavy atom. The molecular weight excluding hydrogens is 331 g/mol. The predicted octanol–water partition coefficient (Wildman–Crippen LogP) is 1.58. The van der Waals surface area contributed by atoms with Gasteiger partial charge in [0.2, 0.25) is 0 Å². The number of nitrogens with two attached hydrogens (primary N) is 1. The smallest absolute Gasteiger partial charge is 0.276 e. The average molecular weight is 347 g/mol. The number of aromatic amines is 1. The third kappa shape index (κ3) is 3.44. The second kappa shape index (κ2) is 7.35. The number of amides is 1. The van der Waals surface area contributed by atoms with Crippen LogP contribution in [-0.4, -0.2) is 47.1 Å². The first kappa shape index (κ1) is 18.1. The Hall–Kier alpha value is -1.96. The highest BCUT2D eigenvalue weighted by Crippen LogP contribution is 2.32. The number of guanidine groups is 1. The van der Waals surface area contributed by atoms with Crippen molar-refractivity contribution < 1.29 is 14.6 Å². The van der Waals surface area contributed by atoms with Crippen molar-refractivity contribution >= 4 is 46.8 Å². The second-order valence-corrected chi connectivity index (χ2v) is 4.75. The van der Waals surface area contributed by atoms with E-state index in [9.17, 15) is 4.79 Å². The van der Waals surface area contributed by atoms with Crippen LogP contribution in [0.25, 0.3) is 10.9 Å². The van der Waals surface area contributed by atoms with Gasteiger partial charge >= 0.3 is 0 Å². The summed E-state index contributed by atoms with van der Waals surface area (Å²) in [6.07, 6.45) is 0. The van der Waals surface area contributed by atoms with E-state index in [0.717, 1.165) is 4.90 Å². The number of aliphatic hydroxyl groups is 1. The van der Waals surface area contributed by atoms with E-state index in [0.29, 0.717) is 21.7 Å². The van der Waals surface area contributed by atoms with Crippen LogP contribution in [0.1, 0.15) is 10.5 Å². The molecule has 1 heterocycles. The number of halogens is 2. The minimum absolute atomic E-state index is 0. The van der Waals surface area contributed by atoms with Gasteiger partial charge in [-0.15, -0.1) is 12.4 Å². The molecule has 2 rings (SSSR count). The summed E-state index contributed by atoms with van der Waals surface area (Å²) < 4.78 is 5.39. The van der Waals surface area contributed by atoms with Gasteiger partial charge in [0.05, 0.1) is 17.1 Å². The number of ether oxygens (including phenoxy) is 1. The van der Waals surface area contributed by atoms with Gasteiger partial charge in [-0.2, -0.15) is 0 Å². The van der Waals surface area contributed by atoms with Crippen LogP contribution in [-0.2, 0) is 0 Å². The summed E-state index contributed by atoms with van der Waals surface area (Å²) in [5.74, 6) is -0.336. The third-order valence-electron chi connectivity index (χ3n) is 2.95. The summed E-state index contributed by atoms with van der Waals surface area (Å²) in [5.41, 5.74) is 6.08.